The third kappa shape index (κ3) is 5.21. The van der Waals surface area contributed by atoms with E-state index < -0.39 is 0 Å². The third-order valence-corrected chi connectivity index (χ3v) is 6.24. The molecule has 0 radical (unpaired) electrons. The number of benzene rings is 1. The summed E-state index contributed by atoms with van der Waals surface area (Å²) >= 11 is 0. The molecule has 1 N–H and O–H groups in total. The van der Waals surface area contributed by atoms with Gasteiger partial charge in [-0.25, -0.2) is 4.79 Å². The lowest BCUT2D eigenvalue weighted by molar-refractivity contribution is -0.135. The van der Waals surface area contributed by atoms with E-state index in [-0.39, 0.29) is 18.0 Å². The fourth-order valence-electron chi connectivity index (χ4n) is 4.58. The van der Waals surface area contributed by atoms with Gasteiger partial charge < -0.3 is 19.9 Å². The number of hydrogen-bond donors (Lipinski definition) is 1. The van der Waals surface area contributed by atoms with Crippen molar-refractivity contribution in [1.82, 2.24) is 20.1 Å². The molecule has 1 aromatic heterocycles. The first-order valence-electron chi connectivity index (χ1n) is 11.6. The average Bonchev–Trinajstić information content (AvgIpc) is 3.05. The SMILES string of the molecule is CCNC(=O)N1CCOc2ccc(CCC(=O)N3CCCCC3c3cccnc3)cc2C1. The molecule has 0 aliphatic carbocycles. The Balaban J connectivity index is 1.41. The molecule has 1 saturated heterocycles. The molecule has 32 heavy (non-hydrogen) atoms. The van der Waals surface area contributed by atoms with Gasteiger partial charge in [0.15, 0.2) is 0 Å². The van der Waals surface area contributed by atoms with Crippen molar-refractivity contribution in [2.75, 3.05) is 26.2 Å². The second kappa shape index (κ2) is 10.5. The van der Waals surface area contributed by atoms with Crippen LogP contribution in [0.5, 0.6) is 5.75 Å². The van der Waals surface area contributed by atoms with Crippen molar-refractivity contribution < 1.29 is 14.3 Å². The zero-order valence-corrected chi connectivity index (χ0v) is 18.8. The summed E-state index contributed by atoms with van der Waals surface area (Å²) in [7, 11) is 0. The topological polar surface area (TPSA) is 74.8 Å². The van der Waals surface area contributed by atoms with E-state index in [1.54, 1.807) is 11.1 Å². The number of aryl methyl sites for hydroxylation is 1. The Hall–Kier alpha value is -3.09. The molecule has 2 aliphatic rings. The molecule has 0 saturated carbocycles. The first-order valence-corrected chi connectivity index (χ1v) is 11.6. The van der Waals surface area contributed by atoms with E-state index in [0.717, 1.165) is 48.2 Å². The predicted molar refractivity (Wildman–Crippen MR) is 122 cm³/mol. The summed E-state index contributed by atoms with van der Waals surface area (Å²) in [6, 6.07) is 10.1. The number of hydrogen-bond acceptors (Lipinski definition) is 4. The number of piperidine rings is 1. The quantitative estimate of drug-likeness (QED) is 0.776. The molecular formula is C25H32N4O3. The first kappa shape index (κ1) is 22.1. The Morgan fingerprint density at radius 3 is 2.94 bits per heavy atom. The monoisotopic (exact) mass is 436 g/mol. The average molecular weight is 437 g/mol. The van der Waals surface area contributed by atoms with Crippen LogP contribution in [0.4, 0.5) is 4.79 Å². The number of carbonyl (C=O) groups is 2. The Morgan fingerprint density at radius 2 is 2.12 bits per heavy atom. The fourth-order valence-corrected chi connectivity index (χ4v) is 4.58. The lowest BCUT2D eigenvalue weighted by Crippen LogP contribution is -2.40. The summed E-state index contributed by atoms with van der Waals surface area (Å²) in [6.07, 6.45) is 7.96. The Labute approximate surface area is 189 Å². The van der Waals surface area contributed by atoms with Gasteiger partial charge in [-0.1, -0.05) is 18.2 Å². The Morgan fingerprint density at radius 1 is 1.22 bits per heavy atom. The van der Waals surface area contributed by atoms with Gasteiger partial charge in [0.2, 0.25) is 5.91 Å². The van der Waals surface area contributed by atoms with Crippen molar-refractivity contribution in [3.05, 3.63) is 59.4 Å². The van der Waals surface area contributed by atoms with Crippen LogP contribution >= 0.6 is 0 Å². The highest BCUT2D eigenvalue weighted by atomic mass is 16.5. The Bertz CT molecular complexity index is 934. The molecule has 7 heteroatoms. The van der Waals surface area contributed by atoms with Crippen molar-refractivity contribution in [2.24, 2.45) is 0 Å². The molecule has 170 valence electrons. The molecule has 1 aromatic carbocycles. The number of amides is 3. The van der Waals surface area contributed by atoms with Crippen LogP contribution in [0, 0.1) is 0 Å². The Kier molecular flexibility index (Phi) is 7.24. The fraction of sp³-hybridized carbons (Fsp3) is 0.480. The van der Waals surface area contributed by atoms with Gasteiger partial charge in [-0.2, -0.15) is 0 Å². The molecule has 3 amide bonds. The number of carbonyl (C=O) groups excluding carboxylic acids is 2. The van der Waals surface area contributed by atoms with Crippen LogP contribution in [0.1, 0.15) is 55.3 Å². The highest BCUT2D eigenvalue weighted by Gasteiger charge is 2.28. The number of rotatable bonds is 5. The maximum atomic E-state index is 13.1. The summed E-state index contributed by atoms with van der Waals surface area (Å²) in [6.45, 7) is 4.86. The summed E-state index contributed by atoms with van der Waals surface area (Å²) in [4.78, 5) is 33.5. The number of fused-ring (bicyclic) bond motifs is 1. The lowest BCUT2D eigenvalue weighted by Gasteiger charge is -2.36. The highest BCUT2D eigenvalue weighted by molar-refractivity contribution is 5.77. The molecule has 2 aromatic rings. The molecule has 1 unspecified atom stereocenters. The maximum absolute atomic E-state index is 13.1. The largest absolute Gasteiger partial charge is 0.491 e. The van der Waals surface area contributed by atoms with E-state index >= 15 is 0 Å². The standard InChI is InChI=1S/C25H32N4O3/c1-2-27-25(31)28-14-15-32-23-10-8-19(16-21(23)18-28)9-11-24(30)29-13-4-3-7-22(29)20-6-5-12-26-17-20/h5-6,8,10,12,16-17,22H,2-4,7,9,11,13-15,18H2,1H3,(H,27,31). The van der Waals surface area contributed by atoms with Gasteiger partial charge in [-0.3, -0.25) is 9.78 Å². The number of nitrogens with one attached hydrogen (secondary N) is 1. The van der Waals surface area contributed by atoms with Gasteiger partial charge >= 0.3 is 6.03 Å². The summed E-state index contributed by atoms with van der Waals surface area (Å²) in [5, 5.41) is 2.86. The van der Waals surface area contributed by atoms with Crippen molar-refractivity contribution >= 4 is 11.9 Å². The first-order chi connectivity index (χ1) is 15.7. The van der Waals surface area contributed by atoms with E-state index in [1.807, 2.05) is 36.2 Å². The number of likely N-dealkylation sites (tertiary alicyclic amines) is 1. The molecular weight excluding hydrogens is 404 g/mol. The van der Waals surface area contributed by atoms with Crippen LogP contribution in [-0.2, 0) is 17.8 Å². The molecule has 1 fully saturated rings. The summed E-state index contributed by atoms with van der Waals surface area (Å²) in [5.74, 6) is 1.01. The minimum Gasteiger partial charge on any atom is -0.491 e. The minimum atomic E-state index is -0.0731. The second-order valence-electron chi connectivity index (χ2n) is 8.43. The maximum Gasteiger partial charge on any atom is 0.317 e. The zero-order valence-electron chi connectivity index (χ0n) is 18.8. The van der Waals surface area contributed by atoms with Crippen LogP contribution in [0.25, 0.3) is 0 Å². The summed E-state index contributed by atoms with van der Waals surface area (Å²) < 4.78 is 5.84. The van der Waals surface area contributed by atoms with Gasteiger partial charge in [0.05, 0.1) is 19.1 Å². The van der Waals surface area contributed by atoms with Crippen molar-refractivity contribution in [3.8, 4) is 5.75 Å². The van der Waals surface area contributed by atoms with Gasteiger partial charge in [-0.05, 0) is 55.9 Å². The van der Waals surface area contributed by atoms with Crippen LogP contribution in [0.3, 0.4) is 0 Å². The van der Waals surface area contributed by atoms with Gasteiger partial charge in [-0.15, -0.1) is 0 Å². The van der Waals surface area contributed by atoms with E-state index in [9.17, 15) is 9.59 Å². The van der Waals surface area contributed by atoms with Gasteiger partial charge in [0, 0.05) is 37.5 Å². The van der Waals surface area contributed by atoms with Crippen molar-refractivity contribution in [3.63, 3.8) is 0 Å². The zero-order chi connectivity index (χ0) is 22.3. The van der Waals surface area contributed by atoms with Gasteiger partial charge in [0.1, 0.15) is 12.4 Å². The number of urea groups is 1. The van der Waals surface area contributed by atoms with E-state index in [0.29, 0.717) is 39.1 Å². The van der Waals surface area contributed by atoms with E-state index in [1.165, 1.54) is 0 Å². The molecule has 0 spiro atoms. The minimum absolute atomic E-state index is 0.0731. The molecule has 4 rings (SSSR count). The van der Waals surface area contributed by atoms with Crippen LogP contribution in [0.15, 0.2) is 42.7 Å². The van der Waals surface area contributed by atoms with Gasteiger partial charge in [0.25, 0.3) is 0 Å². The van der Waals surface area contributed by atoms with Crippen LogP contribution in [0.2, 0.25) is 0 Å². The number of ether oxygens (including phenoxy) is 1. The van der Waals surface area contributed by atoms with Crippen LogP contribution < -0.4 is 10.1 Å². The number of pyridine rings is 1. The number of aromatic nitrogens is 1. The van der Waals surface area contributed by atoms with E-state index in [2.05, 4.69) is 22.4 Å². The van der Waals surface area contributed by atoms with E-state index in [4.69, 9.17) is 4.74 Å². The normalized spacial score (nSPS) is 18.3. The lowest BCUT2D eigenvalue weighted by atomic mass is 9.95. The molecule has 1 atom stereocenters. The molecule has 3 heterocycles. The third-order valence-electron chi connectivity index (χ3n) is 6.24. The van der Waals surface area contributed by atoms with Crippen molar-refractivity contribution in [1.29, 1.82) is 0 Å². The summed E-state index contributed by atoms with van der Waals surface area (Å²) in [5.41, 5.74) is 3.20. The predicted octanol–water partition coefficient (Wildman–Crippen LogP) is 3.69. The van der Waals surface area contributed by atoms with Crippen molar-refractivity contribution in [2.45, 2.75) is 51.6 Å². The molecule has 7 nitrogen and oxygen atoms in total. The number of nitrogens with zero attached hydrogens (tertiary/aromatic N) is 3. The molecule has 2 aliphatic heterocycles. The van der Waals surface area contributed by atoms with Crippen LogP contribution in [-0.4, -0.2) is 53.0 Å². The molecule has 0 bridgehead atoms. The second-order valence-corrected chi connectivity index (χ2v) is 8.43. The highest BCUT2D eigenvalue weighted by Crippen LogP contribution is 2.31. The smallest absolute Gasteiger partial charge is 0.317 e.